The summed E-state index contributed by atoms with van der Waals surface area (Å²) in [4.78, 5) is 0. The summed E-state index contributed by atoms with van der Waals surface area (Å²) in [6.07, 6.45) is 3.83. The molecule has 16 heavy (non-hydrogen) atoms. The summed E-state index contributed by atoms with van der Waals surface area (Å²) >= 11 is 0. The Bertz CT molecular complexity index is 443. The van der Waals surface area contributed by atoms with E-state index >= 15 is 0 Å². The summed E-state index contributed by atoms with van der Waals surface area (Å²) in [5, 5.41) is 6.15. The van der Waals surface area contributed by atoms with Crippen molar-refractivity contribution in [3.05, 3.63) is 42.5 Å². The zero-order valence-corrected chi connectivity index (χ0v) is 9.87. The Hall–Kier alpha value is -1.50. The average molecular weight is 213 g/mol. The van der Waals surface area contributed by atoms with Crippen LogP contribution in [0.15, 0.2) is 42.5 Å². The lowest BCUT2D eigenvalue weighted by Crippen LogP contribution is -2.01. The van der Waals surface area contributed by atoms with Gasteiger partial charge in [-0.1, -0.05) is 56.2 Å². The third-order valence-corrected chi connectivity index (χ3v) is 2.89. The van der Waals surface area contributed by atoms with Crippen molar-refractivity contribution < 1.29 is 0 Å². The van der Waals surface area contributed by atoms with Gasteiger partial charge in [0.15, 0.2) is 0 Å². The normalized spacial score (nSPS) is 10.6. The highest BCUT2D eigenvalue weighted by Crippen LogP contribution is 2.22. The second-order valence-corrected chi connectivity index (χ2v) is 4.16. The lowest BCUT2D eigenvalue weighted by Gasteiger charge is -2.09. The number of unbranched alkanes of at least 4 members (excludes halogenated alkanes) is 2. The lowest BCUT2D eigenvalue weighted by atomic mass is 10.1. The van der Waals surface area contributed by atoms with Crippen molar-refractivity contribution in [1.29, 1.82) is 0 Å². The highest BCUT2D eigenvalue weighted by Gasteiger charge is 1.98. The van der Waals surface area contributed by atoms with Crippen molar-refractivity contribution in [3.8, 4) is 0 Å². The van der Waals surface area contributed by atoms with E-state index in [0.717, 1.165) is 6.54 Å². The fourth-order valence-corrected chi connectivity index (χ4v) is 1.98. The molecule has 0 heterocycles. The molecule has 2 aromatic carbocycles. The molecule has 1 N–H and O–H groups in total. The van der Waals surface area contributed by atoms with Gasteiger partial charge in [-0.3, -0.25) is 0 Å². The van der Waals surface area contributed by atoms with Crippen LogP contribution in [-0.2, 0) is 0 Å². The molecule has 0 spiro atoms. The fourth-order valence-electron chi connectivity index (χ4n) is 1.98. The minimum absolute atomic E-state index is 1.07. The van der Waals surface area contributed by atoms with Gasteiger partial charge < -0.3 is 5.32 Å². The molecular weight excluding hydrogens is 194 g/mol. The number of anilines is 1. The summed E-state index contributed by atoms with van der Waals surface area (Å²) < 4.78 is 0. The van der Waals surface area contributed by atoms with Gasteiger partial charge in [0.25, 0.3) is 0 Å². The molecule has 1 heteroatoms. The predicted octanol–water partition coefficient (Wildman–Crippen LogP) is 4.44. The SMILES string of the molecule is CCCCCNc1cccc2ccccc12. The van der Waals surface area contributed by atoms with Crippen molar-refractivity contribution in [2.24, 2.45) is 0 Å². The Labute approximate surface area is 97.5 Å². The lowest BCUT2D eigenvalue weighted by molar-refractivity contribution is 0.744. The number of fused-ring (bicyclic) bond motifs is 1. The summed E-state index contributed by atoms with van der Waals surface area (Å²) in [5.74, 6) is 0. The van der Waals surface area contributed by atoms with E-state index in [1.165, 1.54) is 35.7 Å². The van der Waals surface area contributed by atoms with Crippen LogP contribution < -0.4 is 5.32 Å². The Morgan fingerprint density at radius 2 is 1.75 bits per heavy atom. The molecule has 0 radical (unpaired) electrons. The predicted molar refractivity (Wildman–Crippen MR) is 72.0 cm³/mol. The summed E-state index contributed by atoms with van der Waals surface area (Å²) in [7, 11) is 0. The van der Waals surface area contributed by atoms with Crippen LogP contribution in [-0.4, -0.2) is 6.54 Å². The highest BCUT2D eigenvalue weighted by atomic mass is 14.9. The zero-order valence-electron chi connectivity index (χ0n) is 9.87. The van der Waals surface area contributed by atoms with Gasteiger partial charge in [0.05, 0.1) is 0 Å². The van der Waals surface area contributed by atoms with Gasteiger partial charge in [-0.15, -0.1) is 0 Å². The summed E-state index contributed by atoms with van der Waals surface area (Å²) in [5.41, 5.74) is 1.26. The fraction of sp³-hybridized carbons (Fsp3) is 0.333. The molecule has 0 aliphatic carbocycles. The number of rotatable bonds is 5. The number of benzene rings is 2. The van der Waals surface area contributed by atoms with E-state index in [9.17, 15) is 0 Å². The molecule has 2 aromatic rings. The number of hydrogen-bond acceptors (Lipinski definition) is 1. The molecule has 0 amide bonds. The first-order chi connectivity index (χ1) is 7.92. The average Bonchev–Trinajstić information content (AvgIpc) is 2.35. The Balaban J connectivity index is 2.11. The molecule has 0 saturated heterocycles. The standard InChI is InChI=1S/C15H19N/c1-2-3-6-12-16-15-11-7-9-13-8-4-5-10-14(13)15/h4-5,7-11,16H,2-3,6,12H2,1H3. The molecule has 1 nitrogen and oxygen atoms in total. The topological polar surface area (TPSA) is 12.0 Å². The zero-order chi connectivity index (χ0) is 11.2. The Kier molecular flexibility index (Phi) is 3.81. The van der Waals surface area contributed by atoms with Gasteiger partial charge in [-0.25, -0.2) is 0 Å². The van der Waals surface area contributed by atoms with Crippen LogP contribution in [0.1, 0.15) is 26.2 Å². The van der Waals surface area contributed by atoms with Gasteiger partial charge in [-0.05, 0) is 17.9 Å². The van der Waals surface area contributed by atoms with E-state index in [-0.39, 0.29) is 0 Å². The number of nitrogens with one attached hydrogen (secondary N) is 1. The third-order valence-electron chi connectivity index (χ3n) is 2.89. The van der Waals surface area contributed by atoms with Crippen molar-refractivity contribution >= 4 is 16.5 Å². The van der Waals surface area contributed by atoms with Crippen molar-refractivity contribution in [3.63, 3.8) is 0 Å². The largest absolute Gasteiger partial charge is 0.385 e. The molecule has 0 bridgehead atoms. The van der Waals surface area contributed by atoms with Crippen LogP contribution in [0.25, 0.3) is 10.8 Å². The molecule has 0 atom stereocenters. The monoisotopic (exact) mass is 213 g/mol. The van der Waals surface area contributed by atoms with E-state index < -0.39 is 0 Å². The smallest absolute Gasteiger partial charge is 0.0419 e. The molecule has 0 saturated carbocycles. The molecule has 2 rings (SSSR count). The Morgan fingerprint density at radius 1 is 0.938 bits per heavy atom. The van der Waals surface area contributed by atoms with Crippen LogP contribution in [0, 0.1) is 0 Å². The van der Waals surface area contributed by atoms with E-state index in [0.29, 0.717) is 0 Å². The van der Waals surface area contributed by atoms with Crippen molar-refractivity contribution in [1.82, 2.24) is 0 Å². The minimum Gasteiger partial charge on any atom is -0.385 e. The van der Waals surface area contributed by atoms with E-state index in [4.69, 9.17) is 0 Å². The summed E-state index contributed by atoms with van der Waals surface area (Å²) in [6, 6.07) is 15.0. The first-order valence-electron chi connectivity index (χ1n) is 6.13. The summed E-state index contributed by atoms with van der Waals surface area (Å²) in [6.45, 7) is 3.31. The molecular formula is C15H19N. The number of hydrogen-bond donors (Lipinski definition) is 1. The first kappa shape index (κ1) is 11.0. The van der Waals surface area contributed by atoms with Crippen LogP contribution in [0.5, 0.6) is 0 Å². The molecule has 0 fully saturated rings. The second-order valence-electron chi connectivity index (χ2n) is 4.16. The van der Waals surface area contributed by atoms with Crippen molar-refractivity contribution in [2.75, 3.05) is 11.9 Å². The maximum atomic E-state index is 3.52. The molecule has 0 aliphatic heterocycles. The van der Waals surface area contributed by atoms with Crippen molar-refractivity contribution in [2.45, 2.75) is 26.2 Å². The quantitative estimate of drug-likeness (QED) is 0.724. The first-order valence-corrected chi connectivity index (χ1v) is 6.13. The molecule has 84 valence electrons. The van der Waals surface area contributed by atoms with Gasteiger partial charge in [0, 0.05) is 17.6 Å². The van der Waals surface area contributed by atoms with Gasteiger partial charge in [0.1, 0.15) is 0 Å². The van der Waals surface area contributed by atoms with Gasteiger partial charge >= 0.3 is 0 Å². The highest BCUT2D eigenvalue weighted by molar-refractivity contribution is 5.93. The Morgan fingerprint density at radius 3 is 2.62 bits per heavy atom. The van der Waals surface area contributed by atoms with Gasteiger partial charge in [-0.2, -0.15) is 0 Å². The van der Waals surface area contributed by atoms with Crippen LogP contribution in [0.4, 0.5) is 5.69 Å². The second kappa shape index (κ2) is 5.55. The maximum Gasteiger partial charge on any atom is 0.0419 e. The van der Waals surface area contributed by atoms with E-state index in [1.54, 1.807) is 0 Å². The molecule has 0 aromatic heterocycles. The van der Waals surface area contributed by atoms with Crippen LogP contribution in [0.3, 0.4) is 0 Å². The third kappa shape index (κ3) is 2.54. The molecule has 0 aliphatic rings. The van der Waals surface area contributed by atoms with Crippen LogP contribution >= 0.6 is 0 Å². The van der Waals surface area contributed by atoms with Gasteiger partial charge in [0.2, 0.25) is 0 Å². The van der Waals surface area contributed by atoms with E-state index in [2.05, 4.69) is 54.7 Å². The molecule has 0 unspecified atom stereocenters. The van der Waals surface area contributed by atoms with E-state index in [1.807, 2.05) is 0 Å². The minimum atomic E-state index is 1.07. The maximum absolute atomic E-state index is 3.52. The van der Waals surface area contributed by atoms with Crippen LogP contribution in [0.2, 0.25) is 0 Å².